The highest BCUT2D eigenvalue weighted by atomic mass is 32.1. The summed E-state index contributed by atoms with van der Waals surface area (Å²) in [7, 11) is 0. The van der Waals surface area contributed by atoms with E-state index in [1.807, 2.05) is 44.2 Å². The Kier molecular flexibility index (Phi) is 7.73. The predicted molar refractivity (Wildman–Crippen MR) is 140 cm³/mol. The highest BCUT2D eigenvalue weighted by Gasteiger charge is 2.35. The van der Waals surface area contributed by atoms with Crippen molar-refractivity contribution >= 4 is 29.4 Å². The molecule has 1 aromatic heterocycles. The van der Waals surface area contributed by atoms with E-state index in [1.165, 1.54) is 22.8 Å². The minimum absolute atomic E-state index is 0.113. The van der Waals surface area contributed by atoms with Gasteiger partial charge in [0.1, 0.15) is 17.5 Å². The Morgan fingerprint density at radius 1 is 1.16 bits per heavy atom. The molecule has 0 saturated carbocycles. The fraction of sp³-hybridized carbons (Fsp3) is 0.286. The van der Waals surface area contributed by atoms with Gasteiger partial charge in [-0.1, -0.05) is 41.7 Å². The van der Waals surface area contributed by atoms with Gasteiger partial charge in [-0.3, -0.25) is 14.2 Å². The average Bonchev–Trinajstić information content (AvgIpc) is 3.12. The predicted octanol–water partition coefficient (Wildman–Crippen LogP) is 3.51. The van der Waals surface area contributed by atoms with Gasteiger partial charge < -0.3 is 14.2 Å². The van der Waals surface area contributed by atoms with E-state index < -0.39 is 18.0 Å². The zero-order chi connectivity index (χ0) is 26.7. The van der Waals surface area contributed by atoms with E-state index in [4.69, 9.17) is 14.2 Å². The van der Waals surface area contributed by atoms with E-state index in [-0.39, 0.29) is 23.8 Å². The third-order valence-corrected chi connectivity index (χ3v) is 6.49. The molecule has 1 aliphatic heterocycles. The van der Waals surface area contributed by atoms with Crippen LogP contribution < -0.4 is 24.4 Å². The number of rotatable bonds is 7. The lowest BCUT2D eigenvalue weighted by molar-refractivity contribution is -0.139. The molecule has 1 aliphatic rings. The number of allylic oxidation sites excluding steroid dienone is 1. The van der Waals surface area contributed by atoms with Crippen molar-refractivity contribution in [3.05, 3.63) is 90.6 Å². The Morgan fingerprint density at radius 3 is 2.62 bits per heavy atom. The fourth-order valence-corrected chi connectivity index (χ4v) is 5.19. The molecular weight excluding hydrogens is 492 g/mol. The normalized spacial score (nSPS) is 15.3. The van der Waals surface area contributed by atoms with Crippen LogP contribution in [-0.4, -0.2) is 29.2 Å². The summed E-state index contributed by atoms with van der Waals surface area (Å²) in [6.45, 7) is 8.83. The first-order valence-corrected chi connectivity index (χ1v) is 12.7. The first kappa shape index (κ1) is 26.1. The molecule has 0 saturated heterocycles. The van der Waals surface area contributed by atoms with Gasteiger partial charge in [-0.2, -0.15) is 0 Å². The van der Waals surface area contributed by atoms with Gasteiger partial charge >= 0.3 is 11.9 Å². The van der Waals surface area contributed by atoms with E-state index in [0.29, 0.717) is 37.7 Å². The van der Waals surface area contributed by atoms with Gasteiger partial charge in [0, 0.05) is 12.5 Å². The van der Waals surface area contributed by atoms with Crippen LogP contribution >= 0.6 is 11.3 Å². The Balaban J connectivity index is 1.94. The van der Waals surface area contributed by atoms with Crippen LogP contribution in [0.15, 0.2) is 69.6 Å². The number of benzene rings is 2. The number of carbonyl (C=O) groups excluding carboxylic acids is 2. The molecular formula is C28H28N2O6S. The topological polar surface area (TPSA) is 96.2 Å². The van der Waals surface area contributed by atoms with E-state index in [9.17, 15) is 14.4 Å². The lowest BCUT2D eigenvalue weighted by Gasteiger charge is -2.26. The van der Waals surface area contributed by atoms with Crippen LogP contribution in [-0.2, 0) is 14.3 Å². The molecule has 0 amide bonds. The third kappa shape index (κ3) is 5.56. The molecule has 1 atom stereocenters. The molecule has 9 heteroatoms. The van der Waals surface area contributed by atoms with Crippen molar-refractivity contribution in [3.8, 4) is 11.5 Å². The number of fused-ring (bicyclic) bond motifs is 1. The Morgan fingerprint density at radius 2 is 1.92 bits per heavy atom. The number of nitrogens with zero attached hydrogens (tertiary/aromatic N) is 2. The summed E-state index contributed by atoms with van der Waals surface area (Å²) in [5.74, 6) is -0.00740. The largest absolute Gasteiger partial charge is 0.491 e. The summed E-state index contributed by atoms with van der Waals surface area (Å²) >= 11 is 1.22. The highest BCUT2D eigenvalue weighted by molar-refractivity contribution is 7.07. The van der Waals surface area contributed by atoms with Gasteiger partial charge in [0.15, 0.2) is 4.80 Å². The van der Waals surface area contributed by atoms with Gasteiger partial charge in [0.05, 0.1) is 28.5 Å². The van der Waals surface area contributed by atoms with Crippen molar-refractivity contribution in [2.24, 2.45) is 4.99 Å². The van der Waals surface area contributed by atoms with Gasteiger partial charge in [-0.05, 0) is 57.5 Å². The summed E-state index contributed by atoms with van der Waals surface area (Å²) < 4.78 is 18.5. The number of para-hydroxylation sites is 1. The molecule has 0 spiro atoms. The van der Waals surface area contributed by atoms with E-state index in [2.05, 4.69) is 4.99 Å². The first-order valence-electron chi connectivity index (χ1n) is 11.9. The first-order chi connectivity index (χ1) is 17.7. The van der Waals surface area contributed by atoms with Gasteiger partial charge in [0.2, 0.25) is 0 Å². The zero-order valence-corrected chi connectivity index (χ0v) is 22.1. The molecule has 0 radical (unpaired) electrons. The number of hydrogen-bond acceptors (Lipinski definition) is 8. The highest BCUT2D eigenvalue weighted by Crippen LogP contribution is 2.36. The van der Waals surface area contributed by atoms with E-state index in [0.717, 1.165) is 0 Å². The second kappa shape index (κ2) is 11.0. The Labute approximate surface area is 218 Å². The SMILES string of the molecule is CCOC(=O)C1=C(C)N=c2s/c(=C\c3cccc(OC(C)=O)c3)c(=O)n2C1c1ccccc1OC(C)C. The average molecular weight is 521 g/mol. The Hall–Kier alpha value is -3.98. The monoisotopic (exact) mass is 520 g/mol. The van der Waals surface area contributed by atoms with Crippen molar-refractivity contribution < 1.29 is 23.8 Å². The molecule has 0 fully saturated rings. The van der Waals surface area contributed by atoms with Crippen LogP contribution in [0.1, 0.15) is 51.8 Å². The van der Waals surface area contributed by atoms with Crippen LogP contribution in [0.4, 0.5) is 0 Å². The van der Waals surface area contributed by atoms with Crippen molar-refractivity contribution in [2.45, 2.75) is 46.8 Å². The van der Waals surface area contributed by atoms with Crippen molar-refractivity contribution in [3.63, 3.8) is 0 Å². The Bertz CT molecular complexity index is 1560. The van der Waals surface area contributed by atoms with Gasteiger partial charge in [-0.25, -0.2) is 9.79 Å². The maximum absolute atomic E-state index is 13.8. The maximum Gasteiger partial charge on any atom is 0.338 e. The molecule has 8 nitrogen and oxygen atoms in total. The molecule has 37 heavy (non-hydrogen) atoms. The second-order valence-corrected chi connectivity index (χ2v) is 9.68. The van der Waals surface area contributed by atoms with E-state index >= 15 is 0 Å². The number of ether oxygens (including phenoxy) is 3. The van der Waals surface area contributed by atoms with Crippen LogP contribution in [0, 0.1) is 0 Å². The number of hydrogen-bond donors (Lipinski definition) is 0. The standard InChI is InChI=1S/C28H28N2O6S/c1-6-34-27(33)24-17(4)29-28-30(25(24)21-12-7-8-13-22(21)35-16(2)3)26(32)23(37-28)15-19-10-9-11-20(14-19)36-18(5)31/h7-16,25H,6H2,1-5H3/b23-15-. The summed E-state index contributed by atoms with van der Waals surface area (Å²) in [4.78, 5) is 43.4. The molecule has 2 heterocycles. The molecule has 0 bridgehead atoms. The molecule has 192 valence electrons. The second-order valence-electron chi connectivity index (χ2n) is 8.67. The number of esters is 2. The van der Waals surface area contributed by atoms with Crippen LogP contribution in [0.5, 0.6) is 11.5 Å². The number of thiazole rings is 1. The zero-order valence-electron chi connectivity index (χ0n) is 21.3. The summed E-state index contributed by atoms with van der Waals surface area (Å²) in [5.41, 5.74) is 1.81. The molecule has 2 aromatic carbocycles. The summed E-state index contributed by atoms with van der Waals surface area (Å²) in [6.07, 6.45) is 1.60. The number of aromatic nitrogens is 1. The fourth-order valence-electron chi connectivity index (χ4n) is 4.14. The molecule has 4 rings (SSSR count). The third-order valence-electron chi connectivity index (χ3n) is 5.51. The van der Waals surface area contributed by atoms with Crippen LogP contribution in [0.25, 0.3) is 6.08 Å². The van der Waals surface area contributed by atoms with Crippen LogP contribution in [0.2, 0.25) is 0 Å². The molecule has 0 aliphatic carbocycles. The maximum atomic E-state index is 13.8. The van der Waals surface area contributed by atoms with Gasteiger partial charge in [0.25, 0.3) is 5.56 Å². The summed E-state index contributed by atoms with van der Waals surface area (Å²) in [5, 5.41) is 0. The van der Waals surface area contributed by atoms with Crippen LogP contribution in [0.3, 0.4) is 0 Å². The van der Waals surface area contributed by atoms with Crippen molar-refractivity contribution in [2.75, 3.05) is 6.61 Å². The lowest BCUT2D eigenvalue weighted by atomic mass is 9.95. The molecule has 3 aromatic rings. The molecule has 0 N–H and O–H groups in total. The minimum Gasteiger partial charge on any atom is -0.491 e. The van der Waals surface area contributed by atoms with Crippen molar-refractivity contribution in [1.29, 1.82) is 0 Å². The quantitative estimate of drug-likeness (QED) is 0.350. The summed E-state index contributed by atoms with van der Waals surface area (Å²) in [6, 6.07) is 13.5. The smallest absolute Gasteiger partial charge is 0.338 e. The van der Waals surface area contributed by atoms with Gasteiger partial charge in [-0.15, -0.1) is 0 Å². The van der Waals surface area contributed by atoms with E-state index in [1.54, 1.807) is 38.1 Å². The number of carbonyl (C=O) groups is 2. The molecule has 1 unspecified atom stereocenters. The van der Waals surface area contributed by atoms with Crippen molar-refractivity contribution in [1.82, 2.24) is 4.57 Å². The lowest BCUT2D eigenvalue weighted by Crippen LogP contribution is -2.40. The minimum atomic E-state index is -0.778.